The largest absolute Gasteiger partial charge is 0.261 e. The van der Waals surface area contributed by atoms with E-state index in [1.54, 1.807) is 26.0 Å². The zero-order valence-corrected chi connectivity index (χ0v) is 16.2. The molecule has 0 amide bonds. The van der Waals surface area contributed by atoms with Crippen LogP contribution >= 0.6 is 0 Å². The average molecular weight is 366 g/mol. The molecule has 0 saturated carbocycles. The molecule has 0 spiro atoms. The molecule has 1 aromatic carbocycles. The molecule has 0 saturated heterocycles. The Balaban J connectivity index is 2.09. The first kappa shape index (κ1) is 18.3. The highest BCUT2D eigenvalue weighted by molar-refractivity contribution is 7.92. The quantitative estimate of drug-likeness (QED) is 0.676. The Morgan fingerprint density at radius 1 is 0.846 bits per heavy atom. The van der Waals surface area contributed by atoms with Crippen LogP contribution in [-0.4, -0.2) is 23.6 Å². The summed E-state index contributed by atoms with van der Waals surface area (Å²) >= 11 is 0. The van der Waals surface area contributed by atoms with Gasteiger partial charge in [-0.15, -0.1) is 0 Å². The van der Waals surface area contributed by atoms with Crippen LogP contribution in [0.5, 0.6) is 0 Å². The van der Waals surface area contributed by atoms with E-state index in [2.05, 4.69) is 16.0 Å². The van der Waals surface area contributed by atoms with Crippen LogP contribution in [0.15, 0.2) is 59.8 Å². The Hall–Kier alpha value is -2.53. The maximum atomic E-state index is 12.3. The third kappa shape index (κ3) is 3.53. The first-order valence-electron chi connectivity index (χ1n) is 8.53. The van der Waals surface area contributed by atoms with E-state index in [1.165, 1.54) is 0 Å². The number of pyridine rings is 2. The van der Waals surface area contributed by atoms with E-state index in [1.807, 2.05) is 50.5 Å². The average Bonchev–Trinajstić information content (AvgIpc) is 2.62. The smallest absolute Gasteiger partial charge is 0.180 e. The van der Waals surface area contributed by atoms with Gasteiger partial charge in [0.2, 0.25) is 0 Å². The van der Waals surface area contributed by atoms with Gasteiger partial charge in [0.25, 0.3) is 0 Å². The molecule has 0 atom stereocenters. The number of nitrogens with zero attached hydrogens (tertiary/aromatic N) is 2. The number of benzene rings is 1. The monoisotopic (exact) mass is 366 g/mol. The fourth-order valence-corrected chi connectivity index (χ4v) is 3.78. The molecule has 0 aliphatic rings. The Bertz CT molecular complexity index is 1020. The van der Waals surface area contributed by atoms with Crippen molar-refractivity contribution in [3.63, 3.8) is 0 Å². The molecule has 2 aromatic heterocycles. The summed E-state index contributed by atoms with van der Waals surface area (Å²) in [7, 11) is -3.28. The van der Waals surface area contributed by atoms with Crippen LogP contribution in [-0.2, 0) is 9.84 Å². The minimum atomic E-state index is -3.28. The summed E-state index contributed by atoms with van der Waals surface area (Å²) in [6, 6.07) is 13.1. The second kappa shape index (κ2) is 7.00. The fourth-order valence-electron chi connectivity index (χ4n) is 2.72. The van der Waals surface area contributed by atoms with E-state index in [9.17, 15) is 8.42 Å². The molecule has 26 heavy (non-hydrogen) atoms. The van der Waals surface area contributed by atoms with Crippen molar-refractivity contribution >= 4 is 9.84 Å². The van der Waals surface area contributed by atoms with Gasteiger partial charge in [-0.25, -0.2) is 8.42 Å². The molecule has 5 heteroatoms. The van der Waals surface area contributed by atoms with E-state index >= 15 is 0 Å². The van der Waals surface area contributed by atoms with Crippen LogP contribution in [0.25, 0.3) is 22.4 Å². The molecule has 0 unspecified atom stereocenters. The molecule has 3 aromatic rings. The maximum absolute atomic E-state index is 12.3. The molecule has 0 radical (unpaired) electrons. The van der Waals surface area contributed by atoms with Crippen LogP contribution in [0.2, 0.25) is 0 Å². The van der Waals surface area contributed by atoms with Gasteiger partial charge in [0.05, 0.1) is 15.8 Å². The van der Waals surface area contributed by atoms with Crippen LogP contribution in [0.4, 0.5) is 0 Å². The van der Waals surface area contributed by atoms with Crippen molar-refractivity contribution in [2.75, 3.05) is 0 Å². The van der Waals surface area contributed by atoms with Crippen LogP contribution in [0.3, 0.4) is 0 Å². The summed E-state index contributed by atoms with van der Waals surface area (Å²) in [5, 5.41) is -0.441. The molecule has 4 nitrogen and oxygen atoms in total. The predicted molar refractivity (Wildman–Crippen MR) is 105 cm³/mol. The molecule has 0 fully saturated rings. The van der Waals surface area contributed by atoms with Gasteiger partial charge in [0.15, 0.2) is 9.84 Å². The number of hydrogen-bond acceptors (Lipinski definition) is 4. The van der Waals surface area contributed by atoms with E-state index in [4.69, 9.17) is 0 Å². The van der Waals surface area contributed by atoms with Gasteiger partial charge < -0.3 is 0 Å². The zero-order valence-electron chi connectivity index (χ0n) is 15.4. The third-order valence-electron chi connectivity index (χ3n) is 4.32. The van der Waals surface area contributed by atoms with E-state index < -0.39 is 15.1 Å². The fraction of sp³-hybridized carbons (Fsp3) is 0.238. The molecule has 0 bridgehead atoms. The van der Waals surface area contributed by atoms with Crippen molar-refractivity contribution in [2.45, 2.75) is 37.8 Å². The summed E-state index contributed by atoms with van der Waals surface area (Å²) < 4.78 is 24.7. The van der Waals surface area contributed by atoms with Gasteiger partial charge in [-0.1, -0.05) is 12.1 Å². The molecule has 0 aliphatic heterocycles. The SMILES string of the molecule is Cc1cnc(-c2ccc(C)nc2)c(-c2ccc(S(=O)(=O)C(C)C)cc2)c1. The summed E-state index contributed by atoms with van der Waals surface area (Å²) in [4.78, 5) is 9.30. The van der Waals surface area contributed by atoms with Gasteiger partial charge in [0.1, 0.15) is 0 Å². The molecule has 3 rings (SSSR count). The Morgan fingerprint density at radius 2 is 1.50 bits per heavy atom. The standard InChI is InChI=1S/C21H22N2O2S/c1-14(2)26(24,25)19-9-7-17(8-10-19)20-11-15(3)12-23-21(20)18-6-5-16(4)22-13-18/h5-14H,1-4H3. The first-order chi connectivity index (χ1) is 12.3. The van der Waals surface area contributed by atoms with Crippen molar-refractivity contribution in [3.05, 3.63) is 66.1 Å². The van der Waals surface area contributed by atoms with Crippen molar-refractivity contribution in [3.8, 4) is 22.4 Å². The van der Waals surface area contributed by atoms with Crippen LogP contribution in [0, 0.1) is 13.8 Å². The summed E-state index contributed by atoms with van der Waals surface area (Å²) in [6.45, 7) is 7.32. The minimum Gasteiger partial charge on any atom is -0.261 e. The van der Waals surface area contributed by atoms with Crippen molar-refractivity contribution < 1.29 is 8.42 Å². The molecule has 0 aliphatic carbocycles. The summed E-state index contributed by atoms with van der Waals surface area (Å²) in [5.74, 6) is 0. The highest BCUT2D eigenvalue weighted by Gasteiger charge is 2.19. The molecule has 0 N–H and O–H groups in total. The summed E-state index contributed by atoms with van der Waals surface area (Å²) in [5.41, 5.74) is 5.66. The summed E-state index contributed by atoms with van der Waals surface area (Å²) in [6.07, 6.45) is 3.64. The first-order valence-corrected chi connectivity index (χ1v) is 10.1. The lowest BCUT2D eigenvalue weighted by Gasteiger charge is -2.12. The van der Waals surface area contributed by atoms with E-state index in [-0.39, 0.29) is 0 Å². The lowest BCUT2D eigenvalue weighted by molar-refractivity contribution is 0.587. The van der Waals surface area contributed by atoms with Gasteiger partial charge >= 0.3 is 0 Å². The van der Waals surface area contributed by atoms with E-state index in [0.717, 1.165) is 33.6 Å². The number of sulfone groups is 1. The number of aromatic nitrogens is 2. The maximum Gasteiger partial charge on any atom is 0.180 e. The molecular formula is C21H22N2O2S. The number of hydrogen-bond donors (Lipinski definition) is 0. The lowest BCUT2D eigenvalue weighted by atomic mass is 9.99. The number of rotatable bonds is 4. The van der Waals surface area contributed by atoms with Gasteiger partial charge in [-0.2, -0.15) is 0 Å². The highest BCUT2D eigenvalue weighted by Crippen LogP contribution is 2.31. The number of aryl methyl sites for hydroxylation is 2. The predicted octanol–water partition coefficient (Wildman–Crippen LogP) is 4.61. The van der Waals surface area contributed by atoms with Gasteiger partial charge in [-0.05, 0) is 69.2 Å². The topological polar surface area (TPSA) is 59.9 Å². The third-order valence-corrected chi connectivity index (χ3v) is 6.49. The van der Waals surface area contributed by atoms with Crippen LogP contribution in [0.1, 0.15) is 25.1 Å². The Morgan fingerprint density at radius 3 is 2.08 bits per heavy atom. The zero-order chi connectivity index (χ0) is 18.9. The van der Waals surface area contributed by atoms with E-state index in [0.29, 0.717) is 4.90 Å². The van der Waals surface area contributed by atoms with Crippen molar-refractivity contribution in [1.82, 2.24) is 9.97 Å². The molecule has 134 valence electrons. The minimum absolute atomic E-state index is 0.343. The van der Waals surface area contributed by atoms with Crippen molar-refractivity contribution in [2.24, 2.45) is 0 Å². The second-order valence-electron chi connectivity index (χ2n) is 6.72. The molecular weight excluding hydrogens is 344 g/mol. The van der Waals surface area contributed by atoms with Crippen LogP contribution < -0.4 is 0 Å². The van der Waals surface area contributed by atoms with Gasteiger partial charge in [-0.3, -0.25) is 9.97 Å². The Labute approximate surface area is 154 Å². The highest BCUT2D eigenvalue weighted by atomic mass is 32.2. The normalized spacial score (nSPS) is 11.7. The van der Waals surface area contributed by atoms with Gasteiger partial charge in [0, 0.05) is 29.2 Å². The molecule has 2 heterocycles. The second-order valence-corrected chi connectivity index (χ2v) is 9.22. The lowest BCUT2D eigenvalue weighted by Crippen LogP contribution is -2.13. The van der Waals surface area contributed by atoms with Crippen molar-refractivity contribution in [1.29, 1.82) is 0 Å². The Kier molecular flexibility index (Phi) is 4.92.